The van der Waals surface area contributed by atoms with Crippen LogP contribution >= 0.6 is 0 Å². The van der Waals surface area contributed by atoms with Crippen LogP contribution in [0.2, 0.25) is 0 Å². The van der Waals surface area contributed by atoms with Gasteiger partial charge in [0, 0.05) is 70.7 Å². The number of esters is 1. The number of aliphatic hydroxyl groups excluding tert-OH is 2. The maximum Gasteiger partial charge on any atom is 0.333 e. The summed E-state index contributed by atoms with van der Waals surface area (Å²) < 4.78 is 54.0. The van der Waals surface area contributed by atoms with Crippen LogP contribution in [0.25, 0.3) is 17.5 Å². The van der Waals surface area contributed by atoms with Crippen molar-refractivity contribution in [1.82, 2.24) is 4.90 Å². The van der Waals surface area contributed by atoms with Crippen LogP contribution in [0.4, 0.5) is 0 Å². The van der Waals surface area contributed by atoms with Gasteiger partial charge in [0.2, 0.25) is 6.29 Å². The Hall–Kier alpha value is -5.39. The fraction of sp³-hybridized carbons (Fsp3) is 0.542. The number of hydrogen-bond acceptors (Lipinski definition) is 15. The number of nitrogens with zero attached hydrogens (tertiary/aromatic N) is 1. The standard InChI is InChI=1S/C59H70N2O13/c1-29(2)15-14-22-57(10)23-21-35-48(72-57)34(19-18-30(3)4)50-41(49(35)70-54-47(64)46(63)51-37(69-54)28-68-56(8,9)71-51)44-42-39(40-43(61(44)26-25-60)32-16-12-13-17-33(32)45(40)62)36-27-38-55(6,7)74-58(52(36)65,59(38,42)73-50)24-20-31(5)53(66)67-11/h12-13,15-18,20-21,23,36-39,46-47,51,54,63-64H,14,19,22,24-28,60H2,1-11H3/b31-20-/t36?,37-,38?,39?,46-,47-,51-,54+,57?,58?,59?/m0/s1. The number of ether oxygens (including phenoxy) is 8. The number of benzene rings is 2. The zero-order valence-electron chi connectivity index (χ0n) is 44.4. The largest absolute Gasteiger partial charge is 0.482 e. The third-order valence-corrected chi connectivity index (χ3v) is 17.0. The number of allylic oxidation sites excluding steroid dienone is 5. The Balaban J connectivity index is 1.24. The van der Waals surface area contributed by atoms with E-state index in [0.29, 0.717) is 81.1 Å². The van der Waals surface area contributed by atoms with E-state index in [4.69, 9.17) is 43.6 Å². The number of Topliss-reactive ketones (excluding diaryl/α,β-unsaturated/α-hetero) is 2. The van der Waals surface area contributed by atoms with Crippen molar-refractivity contribution in [2.45, 2.75) is 160 Å². The Kier molecular flexibility index (Phi) is 12.1. The Morgan fingerprint density at radius 3 is 2.36 bits per heavy atom. The van der Waals surface area contributed by atoms with Gasteiger partial charge in [-0.2, -0.15) is 0 Å². The van der Waals surface area contributed by atoms with Gasteiger partial charge in [-0.3, -0.25) is 9.59 Å². The summed E-state index contributed by atoms with van der Waals surface area (Å²) in [6.45, 7) is 19.8. The highest BCUT2D eigenvalue weighted by molar-refractivity contribution is 6.23. The molecule has 6 aliphatic heterocycles. The number of fused-ring (bicyclic) bond motifs is 6. The van der Waals surface area contributed by atoms with Gasteiger partial charge in [0.25, 0.3) is 0 Å². The fourth-order valence-electron chi connectivity index (χ4n) is 13.8. The van der Waals surface area contributed by atoms with Gasteiger partial charge in [0.05, 0.1) is 41.8 Å². The van der Waals surface area contributed by atoms with E-state index in [1.807, 2.05) is 71.0 Å². The average Bonchev–Trinajstić information content (AvgIpc) is 3.91. The molecule has 10 aliphatic rings. The Morgan fingerprint density at radius 1 is 0.932 bits per heavy atom. The predicted molar refractivity (Wildman–Crippen MR) is 275 cm³/mol. The van der Waals surface area contributed by atoms with Crippen molar-refractivity contribution in [1.29, 1.82) is 0 Å². The summed E-state index contributed by atoms with van der Waals surface area (Å²) in [7, 11) is 1.32. The van der Waals surface area contributed by atoms with E-state index in [2.05, 4.69) is 30.9 Å². The molecule has 4 N–H and O–H groups in total. The number of carbonyl (C=O) groups is 3. The lowest BCUT2D eigenvalue weighted by molar-refractivity contribution is -0.373. The van der Waals surface area contributed by atoms with Gasteiger partial charge in [0.15, 0.2) is 28.6 Å². The zero-order chi connectivity index (χ0) is 52.8. The highest BCUT2D eigenvalue weighted by Crippen LogP contribution is 2.75. The third-order valence-electron chi connectivity index (χ3n) is 17.0. The minimum absolute atomic E-state index is 0.0399. The molecule has 6 unspecified atom stereocenters. The van der Waals surface area contributed by atoms with Crippen LogP contribution in [0, 0.1) is 17.8 Å². The van der Waals surface area contributed by atoms with E-state index < -0.39 is 82.6 Å². The quantitative estimate of drug-likeness (QED) is 0.106. The molecule has 6 fully saturated rings. The van der Waals surface area contributed by atoms with Crippen molar-refractivity contribution in [3.8, 4) is 17.2 Å². The summed E-state index contributed by atoms with van der Waals surface area (Å²) >= 11 is 0. The van der Waals surface area contributed by atoms with Crippen LogP contribution in [0.5, 0.6) is 17.2 Å². The number of nitrogens with two attached hydrogens (primary N) is 1. The van der Waals surface area contributed by atoms with E-state index in [1.165, 1.54) is 12.7 Å². The summed E-state index contributed by atoms with van der Waals surface area (Å²) in [6, 6.07) is 7.53. The molecule has 6 heterocycles. The molecule has 394 valence electrons. The zero-order valence-corrected chi connectivity index (χ0v) is 44.4. The number of carbonyl (C=O) groups excluding carboxylic acids is 3. The molecule has 2 aromatic carbocycles. The first-order chi connectivity index (χ1) is 35.0. The van der Waals surface area contributed by atoms with E-state index in [-0.39, 0.29) is 43.4 Å². The van der Waals surface area contributed by atoms with Gasteiger partial charge in [-0.25, -0.2) is 4.79 Å². The molecule has 12 rings (SSSR count). The number of ketones is 2. The van der Waals surface area contributed by atoms with Crippen molar-refractivity contribution in [2.24, 2.45) is 23.5 Å². The average molecular weight is 1020 g/mol. The Labute approximate surface area is 433 Å². The molecule has 15 nitrogen and oxygen atoms in total. The molecule has 4 aliphatic carbocycles. The number of methoxy groups -OCH3 is 1. The minimum Gasteiger partial charge on any atom is -0.482 e. The number of aliphatic hydroxyl groups is 2. The first kappa shape index (κ1) is 50.8. The molecule has 2 aromatic rings. The molecule has 0 aromatic heterocycles. The van der Waals surface area contributed by atoms with Crippen LogP contribution in [-0.2, 0) is 39.7 Å². The highest BCUT2D eigenvalue weighted by Gasteiger charge is 2.84. The van der Waals surface area contributed by atoms with Crippen LogP contribution in [0.1, 0.15) is 128 Å². The van der Waals surface area contributed by atoms with Crippen molar-refractivity contribution in [2.75, 3.05) is 26.8 Å². The molecule has 0 amide bonds. The van der Waals surface area contributed by atoms with Crippen molar-refractivity contribution in [3.05, 3.63) is 104 Å². The Bertz CT molecular complexity index is 2970. The van der Waals surface area contributed by atoms with Gasteiger partial charge in [-0.15, -0.1) is 0 Å². The second-order valence-electron chi connectivity index (χ2n) is 23.3. The van der Waals surface area contributed by atoms with E-state index in [9.17, 15) is 15.0 Å². The fourth-order valence-corrected chi connectivity index (χ4v) is 13.8. The smallest absolute Gasteiger partial charge is 0.333 e. The lowest BCUT2D eigenvalue weighted by Gasteiger charge is -2.63. The lowest BCUT2D eigenvalue weighted by Crippen LogP contribution is -2.75. The molecule has 11 atom stereocenters. The van der Waals surface area contributed by atoms with Crippen molar-refractivity contribution < 1.29 is 62.5 Å². The van der Waals surface area contributed by atoms with E-state index >= 15 is 9.59 Å². The van der Waals surface area contributed by atoms with Gasteiger partial charge >= 0.3 is 5.97 Å². The third kappa shape index (κ3) is 7.27. The van der Waals surface area contributed by atoms with Gasteiger partial charge in [-0.1, -0.05) is 53.6 Å². The van der Waals surface area contributed by atoms with Gasteiger partial charge in [0.1, 0.15) is 47.3 Å². The van der Waals surface area contributed by atoms with Gasteiger partial charge < -0.3 is 58.7 Å². The lowest BCUT2D eigenvalue weighted by atomic mass is 9.44. The topological polar surface area (TPSA) is 195 Å². The summed E-state index contributed by atoms with van der Waals surface area (Å²) in [5.74, 6) is -2.84. The molecule has 74 heavy (non-hydrogen) atoms. The van der Waals surface area contributed by atoms with Crippen molar-refractivity contribution in [3.63, 3.8) is 0 Å². The molecule has 4 bridgehead atoms. The highest BCUT2D eigenvalue weighted by atomic mass is 16.8. The number of rotatable bonds is 12. The van der Waals surface area contributed by atoms with Crippen LogP contribution in [0.3, 0.4) is 0 Å². The maximum atomic E-state index is 16.2. The predicted octanol–water partition coefficient (Wildman–Crippen LogP) is 7.70. The summed E-state index contributed by atoms with van der Waals surface area (Å²) in [6.07, 6.45) is 5.80. The van der Waals surface area contributed by atoms with Gasteiger partial charge in [-0.05, 0) is 107 Å². The molecule has 1 spiro atoms. The summed E-state index contributed by atoms with van der Waals surface area (Å²) in [5, 5.41) is 24.0. The second kappa shape index (κ2) is 17.6. The monoisotopic (exact) mass is 1010 g/mol. The van der Waals surface area contributed by atoms with E-state index in [0.717, 1.165) is 17.6 Å². The summed E-state index contributed by atoms with van der Waals surface area (Å²) in [5.41, 5.74) is 9.61. The molecule has 3 saturated heterocycles. The minimum atomic E-state index is -1.71. The van der Waals surface area contributed by atoms with E-state index in [1.54, 1.807) is 26.8 Å². The molecular weight excluding hydrogens is 945 g/mol. The molecule has 15 heteroatoms. The summed E-state index contributed by atoms with van der Waals surface area (Å²) in [4.78, 5) is 46.7. The first-order valence-electron chi connectivity index (χ1n) is 26.2. The van der Waals surface area contributed by atoms with Crippen LogP contribution < -0.4 is 19.9 Å². The van der Waals surface area contributed by atoms with Crippen LogP contribution in [0.15, 0.2) is 76.4 Å². The molecule has 0 radical (unpaired) electrons. The van der Waals surface area contributed by atoms with Crippen molar-refractivity contribution >= 4 is 35.0 Å². The Morgan fingerprint density at radius 2 is 1.66 bits per heavy atom. The normalized spacial score (nSPS) is 34.1. The number of hydrogen-bond donors (Lipinski definition) is 3. The first-order valence-corrected chi connectivity index (χ1v) is 26.2. The molecular formula is C59H70N2O13. The SMILES string of the molecule is COC(=O)/C(C)=C\CC12OC(C)(C)C3CC(C1=O)C1C4=C(c5ccccc5C4=O)N(CCN)C4=C1C32Oc1c(CC=C(C)C)c2c(c(O[C@H]3O[C@H]5COC(C)(C)O[C@@H]5[C@@H](O)[C@@H]3O)c14)C=CC(C)(CCC=C(C)C)O2. The maximum absolute atomic E-state index is 16.2. The second-order valence-corrected chi connectivity index (χ2v) is 23.3. The molecule has 3 saturated carbocycles. The van der Waals surface area contributed by atoms with Crippen LogP contribution in [-0.4, -0.2) is 118 Å².